The molecule has 14 heavy (non-hydrogen) atoms. The number of nitrogen functional groups attached to an aromatic ring is 1. The maximum absolute atomic E-state index is 11.1. The molecule has 1 aromatic rings. The van der Waals surface area contributed by atoms with Crippen molar-refractivity contribution in [2.75, 3.05) is 18.2 Å². The van der Waals surface area contributed by atoms with E-state index < -0.39 is 23.2 Å². The first kappa shape index (κ1) is 9.84. The van der Waals surface area contributed by atoms with Gasteiger partial charge in [0.15, 0.2) is 5.69 Å². The second-order valence-electron chi connectivity index (χ2n) is 2.27. The van der Waals surface area contributed by atoms with E-state index in [4.69, 9.17) is 10.8 Å². The van der Waals surface area contributed by atoms with Gasteiger partial charge in [-0.2, -0.15) is 4.98 Å². The number of nitrogens with one attached hydrogen (secondary N) is 2. The van der Waals surface area contributed by atoms with Crippen LogP contribution in [0.5, 0.6) is 5.88 Å². The minimum atomic E-state index is -0.891. The molecule has 0 bridgehead atoms. The molecule has 1 aromatic heterocycles. The summed E-state index contributed by atoms with van der Waals surface area (Å²) in [6.07, 6.45) is -0.891. The van der Waals surface area contributed by atoms with Crippen molar-refractivity contribution in [1.29, 1.82) is 0 Å². The summed E-state index contributed by atoms with van der Waals surface area (Å²) in [7, 11) is 1.12. The number of aromatic nitrogens is 2. The Morgan fingerprint density at radius 3 is 2.86 bits per heavy atom. The summed E-state index contributed by atoms with van der Waals surface area (Å²) in [5.41, 5.74) is 3.95. The lowest BCUT2D eigenvalue weighted by Gasteiger charge is -2.03. The van der Waals surface area contributed by atoms with Gasteiger partial charge >= 0.3 is 6.09 Å². The molecule has 76 valence electrons. The number of ether oxygens (including phenoxy) is 1. The number of nitrogens with two attached hydrogens (primary N) is 1. The predicted molar refractivity (Wildman–Crippen MR) is 47.0 cm³/mol. The predicted octanol–water partition coefficient (Wildman–Crippen LogP) is -0.764. The molecule has 5 N–H and O–H groups in total. The van der Waals surface area contributed by atoms with Crippen LogP contribution in [0.15, 0.2) is 4.79 Å². The highest BCUT2D eigenvalue weighted by Crippen LogP contribution is 2.14. The molecule has 0 radical (unpaired) electrons. The number of carbonyl (C=O) groups excluding carboxylic acids is 1. The summed E-state index contributed by atoms with van der Waals surface area (Å²) < 4.78 is 4.22. The largest absolute Gasteiger partial charge is 0.492 e. The Labute approximate surface area is 77.7 Å². The zero-order chi connectivity index (χ0) is 10.7. The molecule has 8 nitrogen and oxygen atoms in total. The van der Waals surface area contributed by atoms with Crippen molar-refractivity contribution in [3.63, 3.8) is 0 Å². The number of methoxy groups -OCH3 is 1. The summed E-state index contributed by atoms with van der Waals surface area (Å²) >= 11 is 0. The first-order chi connectivity index (χ1) is 6.54. The van der Waals surface area contributed by atoms with Gasteiger partial charge in [0, 0.05) is 0 Å². The number of anilines is 2. The Bertz CT molecular complexity index is 413. The number of aromatic hydroxyl groups is 1. The minimum Gasteiger partial charge on any atom is -0.492 e. The first-order valence-corrected chi connectivity index (χ1v) is 3.48. The summed E-state index contributed by atoms with van der Waals surface area (Å²) in [5.74, 6) is -0.917. The number of amides is 1. The van der Waals surface area contributed by atoms with E-state index in [1.807, 2.05) is 5.32 Å². The molecule has 0 atom stereocenters. The normalized spacial score (nSPS) is 9.50. The molecule has 1 heterocycles. The third-order valence-electron chi connectivity index (χ3n) is 1.33. The van der Waals surface area contributed by atoms with Crippen LogP contribution in [-0.2, 0) is 4.74 Å². The van der Waals surface area contributed by atoms with Crippen LogP contribution < -0.4 is 16.6 Å². The molecule has 0 spiro atoms. The lowest BCUT2D eigenvalue weighted by molar-refractivity contribution is 0.186. The van der Waals surface area contributed by atoms with Crippen molar-refractivity contribution in [1.82, 2.24) is 9.97 Å². The van der Waals surface area contributed by atoms with Gasteiger partial charge in [-0.05, 0) is 0 Å². The SMILES string of the molecule is COC(=O)Nc1c(O)nc(N)[nH]c1=O. The quantitative estimate of drug-likeness (QED) is 0.471. The van der Waals surface area contributed by atoms with Crippen LogP contribution in [0, 0.1) is 0 Å². The van der Waals surface area contributed by atoms with Gasteiger partial charge in [0.2, 0.25) is 11.8 Å². The van der Waals surface area contributed by atoms with Crippen LogP contribution >= 0.6 is 0 Å². The summed E-state index contributed by atoms with van der Waals surface area (Å²) in [5, 5.41) is 11.1. The van der Waals surface area contributed by atoms with Gasteiger partial charge in [-0.15, -0.1) is 0 Å². The minimum absolute atomic E-state index is 0.247. The van der Waals surface area contributed by atoms with Crippen molar-refractivity contribution in [2.45, 2.75) is 0 Å². The molecule has 0 unspecified atom stereocenters. The molecule has 1 rings (SSSR count). The zero-order valence-corrected chi connectivity index (χ0v) is 7.20. The van der Waals surface area contributed by atoms with Crippen molar-refractivity contribution in [3.05, 3.63) is 10.4 Å². The summed E-state index contributed by atoms with van der Waals surface area (Å²) in [4.78, 5) is 27.2. The Balaban J connectivity index is 3.09. The Hall–Kier alpha value is -2.25. The number of nitrogens with zero attached hydrogens (tertiary/aromatic N) is 1. The van der Waals surface area contributed by atoms with Crippen molar-refractivity contribution >= 4 is 17.7 Å². The summed E-state index contributed by atoms with van der Waals surface area (Å²) in [6.45, 7) is 0. The van der Waals surface area contributed by atoms with E-state index in [1.54, 1.807) is 0 Å². The molecule has 0 saturated heterocycles. The van der Waals surface area contributed by atoms with Crippen LogP contribution in [0.2, 0.25) is 0 Å². The van der Waals surface area contributed by atoms with Gasteiger partial charge in [0.1, 0.15) is 0 Å². The van der Waals surface area contributed by atoms with Crippen LogP contribution in [0.3, 0.4) is 0 Å². The summed E-state index contributed by atoms with van der Waals surface area (Å²) in [6, 6.07) is 0. The van der Waals surface area contributed by atoms with E-state index in [1.165, 1.54) is 0 Å². The lowest BCUT2D eigenvalue weighted by atomic mass is 10.5. The second kappa shape index (κ2) is 3.64. The average Bonchev–Trinajstić information content (AvgIpc) is 2.10. The maximum Gasteiger partial charge on any atom is 0.411 e. The van der Waals surface area contributed by atoms with Gasteiger partial charge in [-0.3, -0.25) is 15.1 Å². The third-order valence-corrected chi connectivity index (χ3v) is 1.33. The first-order valence-electron chi connectivity index (χ1n) is 3.48. The standard InChI is InChI=1S/C6H8N4O4/c1-14-6(13)8-2-3(11)9-5(7)10-4(2)12/h1H3,(H,8,13)(H4,7,9,10,11,12). The van der Waals surface area contributed by atoms with Gasteiger partial charge in [0.05, 0.1) is 7.11 Å². The highest BCUT2D eigenvalue weighted by molar-refractivity contribution is 5.85. The van der Waals surface area contributed by atoms with E-state index in [2.05, 4.69) is 14.7 Å². The lowest BCUT2D eigenvalue weighted by Crippen LogP contribution is -2.21. The second-order valence-corrected chi connectivity index (χ2v) is 2.27. The van der Waals surface area contributed by atoms with Gasteiger partial charge in [-0.25, -0.2) is 4.79 Å². The molecule has 0 aliphatic rings. The van der Waals surface area contributed by atoms with E-state index in [9.17, 15) is 9.59 Å². The molecule has 0 aliphatic carbocycles. The molecule has 8 heteroatoms. The fourth-order valence-electron chi connectivity index (χ4n) is 0.744. The number of aromatic amines is 1. The highest BCUT2D eigenvalue weighted by Gasteiger charge is 2.12. The van der Waals surface area contributed by atoms with E-state index in [0.717, 1.165) is 7.11 Å². The molecular formula is C6H8N4O4. The monoisotopic (exact) mass is 200 g/mol. The molecule has 0 fully saturated rings. The van der Waals surface area contributed by atoms with Gasteiger partial charge in [0.25, 0.3) is 5.56 Å². The third kappa shape index (κ3) is 1.91. The average molecular weight is 200 g/mol. The number of H-pyrrole nitrogens is 1. The van der Waals surface area contributed by atoms with E-state index in [0.29, 0.717) is 0 Å². The number of rotatable bonds is 1. The fraction of sp³-hybridized carbons (Fsp3) is 0.167. The number of hydrogen-bond donors (Lipinski definition) is 4. The van der Waals surface area contributed by atoms with Gasteiger partial charge < -0.3 is 15.6 Å². The van der Waals surface area contributed by atoms with Crippen molar-refractivity contribution in [3.8, 4) is 5.88 Å². The molecular weight excluding hydrogens is 192 g/mol. The Morgan fingerprint density at radius 1 is 1.71 bits per heavy atom. The van der Waals surface area contributed by atoms with Crippen LogP contribution in [0.25, 0.3) is 0 Å². The highest BCUT2D eigenvalue weighted by atomic mass is 16.5. The van der Waals surface area contributed by atoms with E-state index in [-0.39, 0.29) is 5.95 Å². The number of carbonyl (C=O) groups is 1. The van der Waals surface area contributed by atoms with Crippen molar-refractivity contribution < 1.29 is 14.6 Å². The topological polar surface area (TPSA) is 130 Å². The maximum atomic E-state index is 11.1. The van der Waals surface area contributed by atoms with Crippen LogP contribution in [0.1, 0.15) is 0 Å². The molecule has 0 aromatic carbocycles. The van der Waals surface area contributed by atoms with Crippen molar-refractivity contribution in [2.24, 2.45) is 0 Å². The number of hydrogen-bond acceptors (Lipinski definition) is 6. The Kier molecular flexibility index (Phi) is 2.56. The van der Waals surface area contributed by atoms with E-state index >= 15 is 0 Å². The van der Waals surface area contributed by atoms with Gasteiger partial charge in [-0.1, -0.05) is 0 Å². The zero-order valence-electron chi connectivity index (χ0n) is 7.20. The Morgan fingerprint density at radius 2 is 2.36 bits per heavy atom. The van der Waals surface area contributed by atoms with Crippen LogP contribution in [-0.4, -0.2) is 28.3 Å². The molecule has 0 saturated carbocycles. The molecule has 1 amide bonds. The smallest absolute Gasteiger partial charge is 0.411 e. The van der Waals surface area contributed by atoms with Crippen LogP contribution in [0.4, 0.5) is 16.4 Å². The molecule has 0 aliphatic heterocycles. The fourth-order valence-corrected chi connectivity index (χ4v) is 0.744.